The fourth-order valence-electron chi connectivity index (χ4n) is 3.59. The molecule has 0 radical (unpaired) electrons. The van der Waals surface area contributed by atoms with Crippen LogP contribution in [0, 0.1) is 0 Å². The van der Waals surface area contributed by atoms with Crippen molar-refractivity contribution in [2.45, 2.75) is 25.4 Å². The van der Waals surface area contributed by atoms with Crippen LogP contribution in [0.3, 0.4) is 0 Å². The summed E-state index contributed by atoms with van der Waals surface area (Å²) in [5.74, 6) is 0.968. The van der Waals surface area contributed by atoms with Crippen molar-refractivity contribution in [3.05, 3.63) is 54.6 Å². The van der Waals surface area contributed by atoms with Gasteiger partial charge in [-0.25, -0.2) is 0 Å². The van der Waals surface area contributed by atoms with E-state index in [1.54, 1.807) is 18.6 Å². The number of hydrogen-bond donors (Lipinski definition) is 1. The first-order valence-electron chi connectivity index (χ1n) is 8.99. The van der Waals surface area contributed by atoms with Gasteiger partial charge >= 0.3 is 0 Å². The van der Waals surface area contributed by atoms with Gasteiger partial charge < -0.3 is 10.2 Å². The van der Waals surface area contributed by atoms with Crippen LogP contribution in [0.1, 0.15) is 18.4 Å². The van der Waals surface area contributed by atoms with Crippen LogP contribution in [0.15, 0.2) is 49.1 Å². The molecule has 1 aliphatic rings. The van der Waals surface area contributed by atoms with E-state index in [4.69, 9.17) is 0 Å². The second kappa shape index (κ2) is 7.61. The van der Waals surface area contributed by atoms with E-state index >= 15 is 0 Å². The third-order valence-electron chi connectivity index (χ3n) is 4.78. The zero-order valence-electron chi connectivity index (χ0n) is 14.9. The molecule has 1 fully saturated rings. The van der Waals surface area contributed by atoms with Crippen molar-refractivity contribution in [2.24, 2.45) is 7.05 Å². The molecule has 1 saturated heterocycles. The van der Waals surface area contributed by atoms with Gasteiger partial charge in [0.05, 0.1) is 5.69 Å². The normalized spacial score (nSPS) is 17.0. The van der Waals surface area contributed by atoms with Gasteiger partial charge in [-0.15, -0.1) is 5.10 Å². The van der Waals surface area contributed by atoms with E-state index in [0.29, 0.717) is 6.04 Å². The molecule has 0 saturated carbocycles. The maximum absolute atomic E-state index is 4.61. The second-order valence-corrected chi connectivity index (χ2v) is 6.61. The first kappa shape index (κ1) is 16.7. The van der Waals surface area contributed by atoms with Crippen molar-refractivity contribution in [3.63, 3.8) is 0 Å². The lowest BCUT2D eigenvalue weighted by Crippen LogP contribution is -2.38. The minimum atomic E-state index is 0.452. The largest absolute Gasteiger partial charge is 0.351 e. The highest BCUT2D eigenvalue weighted by atomic mass is 15.3. The summed E-state index contributed by atoms with van der Waals surface area (Å²) in [6, 6.07) is 8.43. The number of nitrogens with one attached hydrogen (secondary N) is 1. The van der Waals surface area contributed by atoms with E-state index in [9.17, 15) is 0 Å². The quantitative estimate of drug-likeness (QED) is 0.734. The summed E-state index contributed by atoms with van der Waals surface area (Å²) in [5.41, 5.74) is 3.31. The van der Waals surface area contributed by atoms with Gasteiger partial charge in [0, 0.05) is 68.6 Å². The molecular formula is C19H23N7. The monoisotopic (exact) mass is 349 g/mol. The molecule has 7 heteroatoms. The summed E-state index contributed by atoms with van der Waals surface area (Å²) in [7, 11) is 1.96. The molecule has 3 aromatic heterocycles. The number of pyridine rings is 1. The number of anilines is 1. The molecule has 0 amide bonds. The predicted octanol–water partition coefficient (Wildman–Crippen LogP) is 2.03. The minimum Gasteiger partial charge on any atom is -0.351 e. The maximum atomic E-state index is 4.61. The van der Waals surface area contributed by atoms with Gasteiger partial charge in [-0.2, -0.15) is 10.2 Å². The first-order chi connectivity index (χ1) is 12.8. The molecule has 7 nitrogen and oxygen atoms in total. The van der Waals surface area contributed by atoms with Gasteiger partial charge in [0.25, 0.3) is 0 Å². The highest BCUT2D eigenvalue weighted by molar-refractivity contribution is 5.61. The fraction of sp³-hybridized carbons (Fsp3) is 0.368. The molecule has 1 aliphatic heterocycles. The van der Waals surface area contributed by atoms with Gasteiger partial charge in [0.2, 0.25) is 0 Å². The molecular weight excluding hydrogens is 326 g/mol. The molecule has 0 bridgehead atoms. The van der Waals surface area contributed by atoms with Crippen LogP contribution in [0.25, 0.3) is 11.3 Å². The van der Waals surface area contributed by atoms with Crippen LogP contribution >= 0.6 is 0 Å². The highest BCUT2D eigenvalue weighted by Crippen LogP contribution is 2.23. The SMILES string of the molecule is Cn1cc(CNC[C@H]2CCCN2c2cccnn2)c(-c2ccncc2)n1. The van der Waals surface area contributed by atoms with Crippen molar-refractivity contribution in [1.29, 1.82) is 0 Å². The Morgan fingerprint density at radius 2 is 2.08 bits per heavy atom. The summed E-state index contributed by atoms with van der Waals surface area (Å²) in [6.45, 7) is 2.75. The molecule has 134 valence electrons. The van der Waals surface area contributed by atoms with Crippen LogP contribution in [-0.4, -0.2) is 44.1 Å². The van der Waals surface area contributed by atoms with Crippen LogP contribution in [0.2, 0.25) is 0 Å². The average Bonchev–Trinajstić information content (AvgIpc) is 3.30. The Morgan fingerprint density at radius 1 is 1.19 bits per heavy atom. The lowest BCUT2D eigenvalue weighted by atomic mass is 10.1. The van der Waals surface area contributed by atoms with E-state index in [2.05, 4.69) is 36.7 Å². The molecule has 0 spiro atoms. The Balaban J connectivity index is 1.41. The molecule has 4 rings (SSSR count). The Morgan fingerprint density at radius 3 is 2.88 bits per heavy atom. The number of nitrogens with zero attached hydrogens (tertiary/aromatic N) is 6. The molecule has 0 aromatic carbocycles. The molecule has 1 atom stereocenters. The van der Waals surface area contributed by atoms with Crippen molar-refractivity contribution in [1.82, 2.24) is 30.3 Å². The second-order valence-electron chi connectivity index (χ2n) is 6.61. The summed E-state index contributed by atoms with van der Waals surface area (Å²) in [5, 5.41) is 16.5. The minimum absolute atomic E-state index is 0.452. The summed E-state index contributed by atoms with van der Waals surface area (Å²) >= 11 is 0. The Kier molecular flexibility index (Phi) is 4.88. The number of aryl methyl sites for hydroxylation is 1. The zero-order valence-corrected chi connectivity index (χ0v) is 14.9. The zero-order chi connectivity index (χ0) is 17.8. The summed E-state index contributed by atoms with van der Waals surface area (Å²) in [4.78, 5) is 6.45. The lowest BCUT2D eigenvalue weighted by Gasteiger charge is -2.25. The van der Waals surface area contributed by atoms with Crippen molar-refractivity contribution in [3.8, 4) is 11.3 Å². The topological polar surface area (TPSA) is 71.8 Å². The molecule has 0 aliphatic carbocycles. The van der Waals surface area contributed by atoms with E-state index in [1.165, 1.54) is 18.4 Å². The fourth-order valence-corrected chi connectivity index (χ4v) is 3.59. The molecule has 4 heterocycles. The standard InChI is InChI=1S/C19H23N7/c1-25-14-16(19(24-25)15-6-9-20-10-7-15)12-21-13-17-4-3-11-26(17)18-5-2-8-22-23-18/h2,5-10,14,17,21H,3-4,11-13H2,1H3/t17-/m1/s1. The summed E-state index contributed by atoms with van der Waals surface area (Å²) in [6.07, 6.45) is 9.77. The number of rotatable bonds is 6. The molecule has 3 aromatic rings. The molecule has 0 unspecified atom stereocenters. The lowest BCUT2D eigenvalue weighted by molar-refractivity contribution is 0.569. The Bertz CT molecular complexity index is 832. The molecule has 26 heavy (non-hydrogen) atoms. The third-order valence-corrected chi connectivity index (χ3v) is 4.78. The van der Waals surface area contributed by atoms with Crippen LogP contribution in [0.5, 0.6) is 0 Å². The molecule has 1 N–H and O–H groups in total. The predicted molar refractivity (Wildman–Crippen MR) is 101 cm³/mol. The Labute approximate surface area is 153 Å². The summed E-state index contributed by atoms with van der Waals surface area (Å²) < 4.78 is 1.87. The Hall–Kier alpha value is -2.80. The van der Waals surface area contributed by atoms with E-state index in [-0.39, 0.29) is 0 Å². The first-order valence-corrected chi connectivity index (χ1v) is 8.99. The van der Waals surface area contributed by atoms with Crippen LogP contribution in [0.4, 0.5) is 5.82 Å². The van der Waals surface area contributed by atoms with Gasteiger partial charge in [-0.1, -0.05) is 0 Å². The van der Waals surface area contributed by atoms with Gasteiger partial charge in [0.1, 0.15) is 0 Å². The highest BCUT2D eigenvalue weighted by Gasteiger charge is 2.25. The van der Waals surface area contributed by atoms with Gasteiger partial charge in [-0.3, -0.25) is 9.67 Å². The van der Waals surface area contributed by atoms with Crippen LogP contribution in [-0.2, 0) is 13.6 Å². The smallest absolute Gasteiger partial charge is 0.151 e. The van der Waals surface area contributed by atoms with Gasteiger partial charge in [0.15, 0.2) is 5.82 Å². The van der Waals surface area contributed by atoms with Crippen molar-refractivity contribution < 1.29 is 0 Å². The number of hydrogen-bond acceptors (Lipinski definition) is 6. The van der Waals surface area contributed by atoms with Crippen LogP contribution < -0.4 is 10.2 Å². The maximum Gasteiger partial charge on any atom is 0.151 e. The third kappa shape index (κ3) is 3.57. The van der Waals surface area contributed by atoms with E-state index < -0.39 is 0 Å². The van der Waals surface area contributed by atoms with Crippen molar-refractivity contribution >= 4 is 5.82 Å². The van der Waals surface area contributed by atoms with Gasteiger partial charge in [-0.05, 0) is 37.1 Å². The van der Waals surface area contributed by atoms with E-state index in [0.717, 1.165) is 36.7 Å². The van der Waals surface area contributed by atoms with E-state index in [1.807, 2.05) is 36.0 Å². The average molecular weight is 349 g/mol. The van der Waals surface area contributed by atoms with Crippen molar-refractivity contribution in [2.75, 3.05) is 18.0 Å². The number of aromatic nitrogens is 5.